The Morgan fingerprint density at radius 3 is 2.53 bits per heavy atom. The van der Waals surface area contributed by atoms with Gasteiger partial charge in [-0.1, -0.05) is 30.3 Å². The Hall–Kier alpha value is -2.57. The molecule has 0 aromatic heterocycles. The topological polar surface area (TPSA) is 144 Å². The van der Waals surface area contributed by atoms with E-state index in [-0.39, 0.29) is 26.3 Å². The van der Waals surface area contributed by atoms with Gasteiger partial charge in [0.1, 0.15) is 18.5 Å². The maximum atomic E-state index is 12.3. The summed E-state index contributed by atoms with van der Waals surface area (Å²) in [4.78, 5) is 1.56. The third-order valence-corrected chi connectivity index (χ3v) is 6.85. The molecule has 1 saturated heterocycles. The molecule has 0 amide bonds. The van der Waals surface area contributed by atoms with Gasteiger partial charge in [-0.15, -0.1) is 0 Å². The van der Waals surface area contributed by atoms with E-state index in [1.807, 2.05) is 6.07 Å². The lowest BCUT2D eigenvalue weighted by Crippen LogP contribution is -2.67. The zero-order chi connectivity index (χ0) is 26.0. The predicted octanol–water partition coefficient (Wildman–Crippen LogP) is 1.09. The number of ether oxygens (including phenoxy) is 2. The molecule has 11 nitrogen and oxygen atoms in total. The van der Waals surface area contributed by atoms with Crippen LogP contribution in [0, 0.1) is 11.3 Å². The first-order valence-electron chi connectivity index (χ1n) is 11.1. The number of para-hydroxylation sites is 1. The maximum Gasteiger partial charge on any atom is 0.275 e. The normalized spacial score (nSPS) is 22.2. The molecule has 2 aliphatic rings. The molecule has 2 heterocycles. The minimum Gasteiger partial charge on any atom is -0.490 e. The summed E-state index contributed by atoms with van der Waals surface area (Å²) >= 11 is 0. The molecule has 0 aliphatic carbocycles. The number of rotatable bonds is 8. The summed E-state index contributed by atoms with van der Waals surface area (Å²) in [5, 5.41) is 12.2. The molecule has 0 bridgehead atoms. The van der Waals surface area contributed by atoms with Crippen LogP contribution in [0.5, 0.6) is 5.75 Å². The molecule has 1 fully saturated rings. The minimum atomic E-state index is -4.16. The van der Waals surface area contributed by atoms with Crippen molar-refractivity contribution in [1.82, 2.24) is 10.2 Å². The molecule has 2 unspecified atom stereocenters. The summed E-state index contributed by atoms with van der Waals surface area (Å²) in [5.74, 6) is -1.63. The van der Waals surface area contributed by atoms with Crippen molar-refractivity contribution in [3.63, 3.8) is 0 Å². The largest absolute Gasteiger partial charge is 0.490 e. The van der Waals surface area contributed by atoms with Crippen molar-refractivity contribution in [2.75, 3.05) is 38.8 Å². The van der Waals surface area contributed by atoms with E-state index in [0.29, 0.717) is 23.4 Å². The van der Waals surface area contributed by atoms with Crippen LogP contribution in [0.3, 0.4) is 0 Å². The van der Waals surface area contributed by atoms with Crippen molar-refractivity contribution in [3.05, 3.63) is 65.2 Å². The van der Waals surface area contributed by atoms with Crippen LogP contribution in [0.4, 0.5) is 0 Å². The molecule has 2 atom stereocenters. The van der Waals surface area contributed by atoms with Gasteiger partial charge in [0.05, 0.1) is 43.3 Å². The van der Waals surface area contributed by atoms with Gasteiger partial charge in [0, 0.05) is 18.7 Å². The summed E-state index contributed by atoms with van der Waals surface area (Å²) in [6, 6.07) is 15.6. The second kappa shape index (κ2) is 10.4. The van der Waals surface area contributed by atoms with Gasteiger partial charge in [-0.3, -0.25) is 0 Å². The Morgan fingerprint density at radius 2 is 1.83 bits per heavy atom. The fourth-order valence-corrected chi connectivity index (χ4v) is 5.84. The van der Waals surface area contributed by atoms with Crippen molar-refractivity contribution >= 4 is 20.2 Å². The Balaban J connectivity index is 1.75. The number of benzene rings is 2. The molecule has 2 aromatic rings. The average Bonchev–Trinajstić information content (AvgIpc) is 2.81. The van der Waals surface area contributed by atoms with Crippen molar-refractivity contribution in [1.29, 1.82) is 5.26 Å². The number of hydrogen-bond acceptors (Lipinski definition) is 11. The molecule has 1 N–H and O–H groups in total. The molecule has 194 valence electrons. The fraction of sp³-hybridized carbons (Fsp3) is 0.435. The SMILES string of the molecule is CS(=O)(=O)OC1(OS(C)(=O)=O)CNCCN1C1c2ccccc2OCC1OCc1cccc(C#N)c1. The molecular weight excluding hydrogens is 510 g/mol. The zero-order valence-electron chi connectivity index (χ0n) is 19.8. The molecular formula is C23H27N3O8S2. The third kappa shape index (κ3) is 6.22. The lowest BCUT2D eigenvalue weighted by Gasteiger charge is -2.50. The van der Waals surface area contributed by atoms with E-state index in [4.69, 9.17) is 17.8 Å². The number of nitrogens with zero attached hydrogens (tertiary/aromatic N) is 2. The standard InChI is InChI=1S/C23H27N3O8S2/c1-35(27,28)33-23(34-36(2,29)30)16-25-10-11-26(23)22-19-8-3-4-9-20(19)32-15-21(22)31-14-18-7-5-6-17(12-18)13-24/h3-9,12,21-22,25H,10-11,14-16H2,1-2H3. The molecule has 4 rings (SSSR count). The second-order valence-electron chi connectivity index (χ2n) is 8.61. The lowest BCUT2D eigenvalue weighted by atomic mass is 9.95. The summed E-state index contributed by atoms with van der Waals surface area (Å²) in [6.07, 6.45) is 1.01. The molecule has 36 heavy (non-hydrogen) atoms. The minimum absolute atomic E-state index is 0.109. The number of hydrogen-bond donors (Lipinski definition) is 1. The first-order chi connectivity index (χ1) is 17.0. The Morgan fingerprint density at radius 1 is 1.11 bits per heavy atom. The van der Waals surface area contributed by atoms with Gasteiger partial charge in [-0.25, -0.2) is 13.3 Å². The fourth-order valence-electron chi connectivity index (χ4n) is 4.47. The van der Waals surface area contributed by atoms with Crippen LogP contribution in [0.15, 0.2) is 48.5 Å². The van der Waals surface area contributed by atoms with Crippen LogP contribution in [0.1, 0.15) is 22.7 Å². The van der Waals surface area contributed by atoms with E-state index >= 15 is 0 Å². The Labute approximate surface area is 210 Å². The van der Waals surface area contributed by atoms with E-state index in [9.17, 15) is 22.1 Å². The summed E-state index contributed by atoms with van der Waals surface area (Å²) < 4.78 is 72.0. The van der Waals surface area contributed by atoms with E-state index in [2.05, 4.69) is 11.4 Å². The monoisotopic (exact) mass is 537 g/mol. The number of piperazine rings is 1. The van der Waals surface area contributed by atoms with Gasteiger partial charge in [0.25, 0.3) is 26.1 Å². The van der Waals surface area contributed by atoms with Crippen molar-refractivity contribution < 1.29 is 34.7 Å². The van der Waals surface area contributed by atoms with E-state index in [1.54, 1.807) is 47.4 Å². The van der Waals surface area contributed by atoms with Gasteiger partial charge in [-0.05, 0) is 23.8 Å². The van der Waals surface area contributed by atoms with Crippen LogP contribution in [0.2, 0.25) is 0 Å². The lowest BCUT2D eigenvalue weighted by molar-refractivity contribution is -0.255. The number of nitriles is 1. The van der Waals surface area contributed by atoms with Crippen LogP contribution in [0.25, 0.3) is 0 Å². The highest BCUT2D eigenvalue weighted by Gasteiger charge is 2.53. The highest BCUT2D eigenvalue weighted by atomic mass is 32.2. The number of fused-ring (bicyclic) bond motifs is 1. The Bertz CT molecular complexity index is 1320. The molecule has 0 radical (unpaired) electrons. The van der Waals surface area contributed by atoms with Crippen LogP contribution in [-0.4, -0.2) is 72.5 Å². The first-order valence-corrected chi connectivity index (χ1v) is 14.7. The van der Waals surface area contributed by atoms with Gasteiger partial charge in [0.2, 0.25) is 0 Å². The van der Waals surface area contributed by atoms with Gasteiger partial charge >= 0.3 is 0 Å². The van der Waals surface area contributed by atoms with Crippen molar-refractivity contribution in [2.24, 2.45) is 0 Å². The quantitative estimate of drug-likeness (QED) is 0.382. The maximum absolute atomic E-state index is 12.3. The smallest absolute Gasteiger partial charge is 0.275 e. The van der Waals surface area contributed by atoms with Crippen LogP contribution >= 0.6 is 0 Å². The van der Waals surface area contributed by atoms with E-state index in [1.165, 1.54) is 0 Å². The Kier molecular flexibility index (Phi) is 7.67. The summed E-state index contributed by atoms with van der Waals surface area (Å²) in [7, 11) is -8.32. The third-order valence-electron chi connectivity index (χ3n) is 5.73. The van der Waals surface area contributed by atoms with Gasteiger partial charge in [-0.2, -0.15) is 22.1 Å². The van der Waals surface area contributed by atoms with Crippen molar-refractivity contribution in [3.8, 4) is 11.8 Å². The zero-order valence-corrected chi connectivity index (χ0v) is 21.4. The molecule has 0 spiro atoms. The number of nitrogens with one attached hydrogen (secondary N) is 1. The van der Waals surface area contributed by atoms with E-state index in [0.717, 1.165) is 18.1 Å². The highest BCUT2D eigenvalue weighted by Crippen LogP contribution is 2.42. The van der Waals surface area contributed by atoms with Crippen LogP contribution in [-0.2, 0) is 39.9 Å². The molecule has 13 heteroatoms. The summed E-state index contributed by atoms with van der Waals surface area (Å²) in [5.41, 5.74) is 1.92. The first kappa shape index (κ1) is 26.5. The molecule has 0 saturated carbocycles. The molecule has 2 aliphatic heterocycles. The van der Waals surface area contributed by atoms with Crippen LogP contribution < -0.4 is 10.1 Å². The molecule has 2 aromatic carbocycles. The van der Waals surface area contributed by atoms with Gasteiger partial charge < -0.3 is 14.8 Å². The average molecular weight is 538 g/mol. The van der Waals surface area contributed by atoms with Gasteiger partial charge in [0.15, 0.2) is 0 Å². The summed E-state index contributed by atoms with van der Waals surface area (Å²) in [6.45, 7) is 0.619. The van der Waals surface area contributed by atoms with E-state index < -0.39 is 38.3 Å². The predicted molar refractivity (Wildman–Crippen MR) is 129 cm³/mol. The van der Waals surface area contributed by atoms with Crippen molar-refractivity contribution in [2.45, 2.75) is 24.7 Å². The highest BCUT2D eigenvalue weighted by molar-refractivity contribution is 7.86. The second-order valence-corrected chi connectivity index (χ2v) is 11.8.